The molecule has 0 N–H and O–H groups in total. The van der Waals surface area contributed by atoms with Crippen LogP contribution >= 0.6 is 0 Å². The van der Waals surface area contributed by atoms with Gasteiger partial charge < -0.3 is 0 Å². The molecule has 4 rings (SSSR count). The molecule has 1 saturated heterocycles. The van der Waals surface area contributed by atoms with Gasteiger partial charge in [-0.25, -0.2) is 0 Å². The SMILES string of the molecule is N#Cc1c(CN2CCCCC2)nc2ccccc2c1-c1ccccc1. The molecule has 0 spiro atoms. The van der Waals surface area contributed by atoms with E-state index in [0.717, 1.165) is 52.9 Å². The van der Waals surface area contributed by atoms with Crippen molar-refractivity contribution in [3.8, 4) is 17.2 Å². The molecule has 1 fully saturated rings. The zero-order valence-corrected chi connectivity index (χ0v) is 14.3. The van der Waals surface area contributed by atoms with Gasteiger partial charge in [-0.2, -0.15) is 5.26 Å². The first-order valence-electron chi connectivity index (χ1n) is 8.96. The lowest BCUT2D eigenvalue weighted by Crippen LogP contribution is -2.29. The zero-order valence-electron chi connectivity index (χ0n) is 14.3. The number of likely N-dealkylation sites (tertiary alicyclic amines) is 1. The molecule has 0 radical (unpaired) electrons. The summed E-state index contributed by atoms with van der Waals surface area (Å²) < 4.78 is 0. The number of benzene rings is 2. The van der Waals surface area contributed by atoms with Crippen LogP contribution in [0, 0.1) is 11.3 Å². The van der Waals surface area contributed by atoms with Crippen molar-refractivity contribution in [1.29, 1.82) is 5.26 Å². The van der Waals surface area contributed by atoms with Crippen LogP contribution in [0.2, 0.25) is 0 Å². The fraction of sp³-hybridized carbons (Fsp3) is 0.273. The summed E-state index contributed by atoms with van der Waals surface area (Å²) in [6.07, 6.45) is 3.78. The Kier molecular flexibility index (Phi) is 4.45. The molecule has 3 nitrogen and oxygen atoms in total. The van der Waals surface area contributed by atoms with Crippen molar-refractivity contribution in [2.24, 2.45) is 0 Å². The van der Waals surface area contributed by atoms with E-state index in [1.54, 1.807) is 0 Å². The van der Waals surface area contributed by atoms with Crippen molar-refractivity contribution < 1.29 is 0 Å². The van der Waals surface area contributed by atoms with Crippen LogP contribution in [-0.4, -0.2) is 23.0 Å². The molecule has 0 amide bonds. The molecular formula is C22H21N3. The van der Waals surface area contributed by atoms with E-state index in [9.17, 15) is 5.26 Å². The maximum Gasteiger partial charge on any atom is 0.102 e. The van der Waals surface area contributed by atoms with E-state index in [0.29, 0.717) is 0 Å². The van der Waals surface area contributed by atoms with Gasteiger partial charge in [-0.15, -0.1) is 0 Å². The maximum absolute atomic E-state index is 9.94. The molecule has 3 heteroatoms. The van der Waals surface area contributed by atoms with E-state index in [1.807, 2.05) is 36.4 Å². The van der Waals surface area contributed by atoms with E-state index in [2.05, 4.69) is 29.2 Å². The summed E-state index contributed by atoms with van der Waals surface area (Å²) >= 11 is 0. The summed E-state index contributed by atoms with van der Waals surface area (Å²) in [6.45, 7) is 2.95. The Morgan fingerprint density at radius 2 is 1.64 bits per heavy atom. The van der Waals surface area contributed by atoms with Crippen molar-refractivity contribution in [2.45, 2.75) is 25.8 Å². The topological polar surface area (TPSA) is 39.9 Å². The van der Waals surface area contributed by atoms with Crippen molar-refractivity contribution >= 4 is 10.9 Å². The van der Waals surface area contributed by atoms with Crippen molar-refractivity contribution in [3.63, 3.8) is 0 Å². The molecule has 2 heterocycles. The van der Waals surface area contributed by atoms with Crippen LogP contribution in [0.5, 0.6) is 0 Å². The number of aromatic nitrogens is 1. The monoisotopic (exact) mass is 327 g/mol. The Balaban J connectivity index is 1.90. The number of fused-ring (bicyclic) bond motifs is 1. The molecule has 1 aromatic heterocycles. The Morgan fingerprint density at radius 3 is 2.40 bits per heavy atom. The smallest absolute Gasteiger partial charge is 0.102 e. The lowest BCUT2D eigenvalue weighted by atomic mass is 9.94. The van der Waals surface area contributed by atoms with Crippen LogP contribution in [0.25, 0.3) is 22.0 Å². The molecule has 0 saturated carbocycles. The molecule has 1 aliphatic heterocycles. The number of pyridine rings is 1. The highest BCUT2D eigenvalue weighted by Crippen LogP contribution is 2.33. The molecule has 3 aromatic rings. The number of hydrogen-bond acceptors (Lipinski definition) is 3. The standard InChI is InChI=1S/C22H21N3/c23-15-19-21(16-25-13-7-2-8-14-25)24-20-12-6-5-11-18(20)22(19)17-9-3-1-4-10-17/h1,3-6,9-12H,2,7-8,13-14,16H2. The minimum absolute atomic E-state index is 0.718. The molecule has 0 unspecified atom stereocenters. The highest BCUT2D eigenvalue weighted by molar-refractivity contribution is 5.97. The average Bonchev–Trinajstić information content (AvgIpc) is 2.68. The predicted octanol–water partition coefficient (Wildman–Crippen LogP) is 4.76. The highest BCUT2D eigenvalue weighted by Gasteiger charge is 2.19. The highest BCUT2D eigenvalue weighted by atomic mass is 15.1. The Hall–Kier alpha value is -2.70. The fourth-order valence-electron chi connectivity index (χ4n) is 3.73. The summed E-state index contributed by atoms with van der Waals surface area (Å²) in [7, 11) is 0. The third kappa shape index (κ3) is 3.14. The van der Waals surface area contributed by atoms with Gasteiger partial charge in [0.05, 0.1) is 16.8 Å². The fourth-order valence-corrected chi connectivity index (χ4v) is 3.73. The number of para-hydroxylation sites is 1. The van der Waals surface area contributed by atoms with Gasteiger partial charge in [0.1, 0.15) is 6.07 Å². The van der Waals surface area contributed by atoms with Crippen LogP contribution in [0.15, 0.2) is 54.6 Å². The van der Waals surface area contributed by atoms with Gasteiger partial charge in [0.25, 0.3) is 0 Å². The minimum atomic E-state index is 0.718. The minimum Gasteiger partial charge on any atom is -0.297 e. The van der Waals surface area contributed by atoms with E-state index in [-0.39, 0.29) is 0 Å². The van der Waals surface area contributed by atoms with Gasteiger partial charge >= 0.3 is 0 Å². The number of piperidine rings is 1. The third-order valence-electron chi connectivity index (χ3n) is 4.96. The van der Waals surface area contributed by atoms with Crippen LogP contribution in [0.3, 0.4) is 0 Å². The quantitative estimate of drug-likeness (QED) is 0.696. The Bertz CT molecular complexity index is 919. The second kappa shape index (κ2) is 7.04. The lowest BCUT2D eigenvalue weighted by molar-refractivity contribution is 0.218. The Labute approximate surface area is 148 Å². The van der Waals surface area contributed by atoms with Crippen molar-refractivity contribution in [3.05, 3.63) is 65.9 Å². The van der Waals surface area contributed by atoms with E-state index in [4.69, 9.17) is 4.98 Å². The van der Waals surface area contributed by atoms with Crippen LogP contribution in [-0.2, 0) is 6.54 Å². The van der Waals surface area contributed by atoms with Gasteiger partial charge in [-0.05, 0) is 37.6 Å². The molecule has 0 aliphatic carbocycles. The number of nitriles is 1. The zero-order chi connectivity index (χ0) is 17.1. The molecule has 124 valence electrons. The third-order valence-corrected chi connectivity index (χ3v) is 4.96. The summed E-state index contributed by atoms with van der Waals surface area (Å²) in [6, 6.07) is 20.8. The van der Waals surface area contributed by atoms with Crippen LogP contribution in [0.1, 0.15) is 30.5 Å². The van der Waals surface area contributed by atoms with Crippen LogP contribution < -0.4 is 0 Å². The number of rotatable bonds is 3. The molecule has 0 atom stereocenters. The molecule has 25 heavy (non-hydrogen) atoms. The molecule has 2 aromatic carbocycles. The first-order chi connectivity index (χ1) is 12.4. The van der Waals surface area contributed by atoms with Crippen LogP contribution in [0.4, 0.5) is 0 Å². The number of nitrogens with zero attached hydrogens (tertiary/aromatic N) is 3. The van der Waals surface area contributed by atoms with E-state index in [1.165, 1.54) is 19.3 Å². The largest absolute Gasteiger partial charge is 0.297 e. The Morgan fingerprint density at radius 1 is 0.920 bits per heavy atom. The first kappa shape index (κ1) is 15.8. The molecule has 0 bridgehead atoms. The first-order valence-corrected chi connectivity index (χ1v) is 8.96. The summed E-state index contributed by atoms with van der Waals surface area (Å²) in [5.74, 6) is 0. The summed E-state index contributed by atoms with van der Waals surface area (Å²) in [4.78, 5) is 7.29. The maximum atomic E-state index is 9.94. The molecule has 1 aliphatic rings. The van der Waals surface area contributed by atoms with E-state index >= 15 is 0 Å². The number of hydrogen-bond donors (Lipinski definition) is 0. The van der Waals surface area contributed by atoms with Gasteiger partial charge in [0.15, 0.2) is 0 Å². The van der Waals surface area contributed by atoms with Crippen molar-refractivity contribution in [1.82, 2.24) is 9.88 Å². The second-order valence-electron chi connectivity index (χ2n) is 6.64. The van der Waals surface area contributed by atoms with Gasteiger partial charge in [-0.1, -0.05) is 55.0 Å². The second-order valence-corrected chi connectivity index (χ2v) is 6.64. The summed E-state index contributed by atoms with van der Waals surface area (Å²) in [5, 5.41) is 11.0. The molecular weight excluding hydrogens is 306 g/mol. The average molecular weight is 327 g/mol. The normalized spacial score (nSPS) is 15.2. The van der Waals surface area contributed by atoms with Gasteiger partial charge in [0, 0.05) is 17.5 Å². The van der Waals surface area contributed by atoms with Crippen molar-refractivity contribution in [2.75, 3.05) is 13.1 Å². The van der Waals surface area contributed by atoms with Gasteiger partial charge in [0.2, 0.25) is 0 Å². The van der Waals surface area contributed by atoms with Gasteiger partial charge in [-0.3, -0.25) is 9.88 Å². The van der Waals surface area contributed by atoms with E-state index < -0.39 is 0 Å². The predicted molar refractivity (Wildman–Crippen MR) is 101 cm³/mol. The summed E-state index contributed by atoms with van der Waals surface area (Å²) in [5.41, 5.74) is 4.68. The lowest BCUT2D eigenvalue weighted by Gasteiger charge is -2.26.